The molecule has 1 rings (SSSR count). The van der Waals surface area contributed by atoms with Crippen LogP contribution in [0.25, 0.3) is 0 Å². The van der Waals surface area contributed by atoms with Crippen LogP contribution in [0.4, 0.5) is 0 Å². The van der Waals surface area contributed by atoms with Crippen molar-refractivity contribution in [2.75, 3.05) is 25.2 Å². The maximum Gasteiger partial charge on any atom is 0.161 e. The number of ether oxygens (including phenoxy) is 2. The van der Waals surface area contributed by atoms with Gasteiger partial charge in [-0.3, -0.25) is 0 Å². The van der Waals surface area contributed by atoms with Crippen molar-refractivity contribution < 1.29 is 9.47 Å². The van der Waals surface area contributed by atoms with E-state index in [-0.39, 0.29) is 5.54 Å². The van der Waals surface area contributed by atoms with E-state index in [9.17, 15) is 0 Å². The molecule has 120 valence electrons. The second-order valence-corrected chi connectivity index (χ2v) is 7.00. The van der Waals surface area contributed by atoms with Gasteiger partial charge in [0.2, 0.25) is 0 Å². The van der Waals surface area contributed by atoms with Crippen LogP contribution in [0.2, 0.25) is 0 Å². The molecule has 1 aromatic rings. The van der Waals surface area contributed by atoms with Gasteiger partial charge in [-0.25, -0.2) is 0 Å². The Morgan fingerprint density at radius 1 is 1.14 bits per heavy atom. The minimum Gasteiger partial charge on any atom is -0.490 e. The predicted molar refractivity (Wildman–Crippen MR) is 92.7 cm³/mol. The number of nitrogens with one attached hydrogen (secondary N) is 1. The topological polar surface area (TPSA) is 30.5 Å². The van der Waals surface area contributed by atoms with Crippen LogP contribution in [-0.2, 0) is 6.54 Å². The van der Waals surface area contributed by atoms with Crippen molar-refractivity contribution in [2.24, 2.45) is 0 Å². The minimum atomic E-state index is 0.110. The second kappa shape index (κ2) is 9.21. The molecule has 0 saturated heterocycles. The summed E-state index contributed by atoms with van der Waals surface area (Å²) in [6, 6.07) is 6.20. The molecule has 3 nitrogen and oxygen atoms in total. The molecule has 0 aromatic heterocycles. The zero-order chi connectivity index (χ0) is 15.7. The van der Waals surface area contributed by atoms with Crippen molar-refractivity contribution in [2.45, 2.75) is 46.2 Å². The quantitative estimate of drug-likeness (QED) is 0.695. The Balaban J connectivity index is 2.67. The first-order chi connectivity index (χ1) is 9.96. The number of hydrogen-bond donors (Lipinski definition) is 1. The van der Waals surface area contributed by atoms with Gasteiger partial charge in [-0.05, 0) is 63.8 Å². The predicted octanol–water partition coefficient (Wildman–Crippen LogP) is 4.11. The van der Waals surface area contributed by atoms with Crippen molar-refractivity contribution in [1.29, 1.82) is 0 Å². The lowest BCUT2D eigenvalue weighted by Crippen LogP contribution is -2.35. The molecule has 21 heavy (non-hydrogen) atoms. The van der Waals surface area contributed by atoms with Crippen molar-refractivity contribution in [3.8, 4) is 11.5 Å². The molecule has 0 aliphatic carbocycles. The molecule has 0 bridgehead atoms. The first-order valence-electron chi connectivity index (χ1n) is 7.58. The van der Waals surface area contributed by atoms with Gasteiger partial charge < -0.3 is 14.8 Å². The van der Waals surface area contributed by atoms with Crippen LogP contribution in [-0.4, -0.2) is 30.8 Å². The molecule has 0 aliphatic rings. The van der Waals surface area contributed by atoms with Crippen molar-refractivity contribution in [1.82, 2.24) is 5.32 Å². The highest BCUT2D eigenvalue weighted by atomic mass is 32.2. The Labute approximate surface area is 133 Å². The lowest BCUT2D eigenvalue weighted by molar-refractivity contribution is 0.277. The molecule has 0 amide bonds. The van der Waals surface area contributed by atoms with Crippen LogP contribution in [0.3, 0.4) is 0 Å². The van der Waals surface area contributed by atoms with E-state index in [2.05, 4.69) is 44.5 Å². The van der Waals surface area contributed by atoms with E-state index < -0.39 is 0 Å². The molecular weight excluding hydrogens is 282 g/mol. The highest BCUT2D eigenvalue weighted by molar-refractivity contribution is 7.98. The fourth-order valence-corrected chi connectivity index (χ4v) is 2.21. The number of hydrogen-bond acceptors (Lipinski definition) is 4. The number of rotatable bonds is 9. The maximum atomic E-state index is 5.83. The summed E-state index contributed by atoms with van der Waals surface area (Å²) >= 11 is 1.84. The highest BCUT2D eigenvalue weighted by Gasteiger charge is 2.11. The van der Waals surface area contributed by atoms with Crippen LogP contribution in [0.5, 0.6) is 11.5 Å². The summed E-state index contributed by atoms with van der Waals surface area (Å²) in [6.45, 7) is 10.7. The van der Waals surface area contributed by atoms with Gasteiger partial charge in [-0.2, -0.15) is 11.8 Å². The third-order valence-corrected chi connectivity index (χ3v) is 3.58. The van der Waals surface area contributed by atoms with E-state index in [1.165, 1.54) is 5.56 Å². The van der Waals surface area contributed by atoms with Gasteiger partial charge in [-0.15, -0.1) is 0 Å². The average molecular weight is 311 g/mol. The first kappa shape index (κ1) is 18.2. The summed E-state index contributed by atoms with van der Waals surface area (Å²) in [5, 5.41) is 3.49. The van der Waals surface area contributed by atoms with Crippen molar-refractivity contribution >= 4 is 11.8 Å². The largest absolute Gasteiger partial charge is 0.490 e. The van der Waals surface area contributed by atoms with E-state index >= 15 is 0 Å². The normalized spacial score (nSPS) is 11.5. The van der Waals surface area contributed by atoms with Gasteiger partial charge in [0.05, 0.1) is 13.2 Å². The van der Waals surface area contributed by atoms with Crippen molar-refractivity contribution in [3.63, 3.8) is 0 Å². The molecule has 0 radical (unpaired) electrons. The molecular formula is C17H29NO2S. The third-order valence-electron chi connectivity index (χ3n) is 2.88. The van der Waals surface area contributed by atoms with Crippen molar-refractivity contribution in [3.05, 3.63) is 23.8 Å². The lowest BCUT2D eigenvalue weighted by Gasteiger charge is -2.21. The molecule has 0 unspecified atom stereocenters. The van der Waals surface area contributed by atoms with Crippen LogP contribution in [0.1, 0.15) is 39.7 Å². The summed E-state index contributed by atoms with van der Waals surface area (Å²) < 4.78 is 11.5. The molecule has 1 N–H and O–H groups in total. The Bertz CT molecular complexity index is 416. The van der Waals surface area contributed by atoms with Gasteiger partial charge >= 0.3 is 0 Å². The summed E-state index contributed by atoms with van der Waals surface area (Å²) in [5.74, 6) is 2.81. The standard InChI is InChI=1S/C17H29NO2S/c1-6-19-16-12-14(13-18-17(2,3)4)8-9-15(16)20-10-7-11-21-5/h8-9,12,18H,6-7,10-11,13H2,1-5H3. The van der Waals surface area contributed by atoms with Crippen LogP contribution >= 0.6 is 11.8 Å². The van der Waals surface area contributed by atoms with Crippen LogP contribution < -0.4 is 14.8 Å². The molecule has 0 saturated carbocycles. The van der Waals surface area contributed by atoms with Crippen LogP contribution in [0.15, 0.2) is 18.2 Å². The van der Waals surface area contributed by atoms with E-state index in [0.29, 0.717) is 6.61 Å². The molecule has 0 spiro atoms. The fourth-order valence-electron chi connectivity index (χ4n) is 1.80. The molecule has 0 aliphatic heterocycles. The SMILES string of the molecule is CCOc1cc(CNC(C)(C)C)ccc1OCCCSC. The highest BCUT2D eigenvalue weighted by Crippen LogP contribution is 2.29. The number of benzene rings is 1. The fraction of sp³-hybridized carbons (Fsp3) is 0.647. The van der Waals surface area contributed by atoms with E-state index in [1.54, 1.807) is 0 Å². The molecule has 0 atom stereocenters. The summed E-state index contributed by atoms with van der Waals surface area (Å²) in [4.78, 5) is 0. The molecule has 0 heterocycles. The third kappa shape index (κ3) is 7.63. The van der Waals surface area contributed by atoms with Crippen LogP contribution in [0, 0.1) is 0 Å². The van der Waals surface area contributed by atoms with Gasteiger partial charge in [-0.1, -0.05) is 6.07 Å². The van der Waals surface area contributed by atoms with E-state index in [1.807, 2.05) is 24.8 Å². The molecule has 4 heteroatoms. The van der Waals surface area contributed by atoms with Gasteiger partial charge in [0.15, 0.2) is 11.5 Å². The molecule has 0 fully saturated rings. The lowest BCUT2D eigenvalue weighted by atomic mass is 10.1. The smallest absolute Gasteiger partial charge is 0.161 e. The summed E-state index contributed by atoms with van der Waals surface area (Å²) in [5.41, 5.74) is 1.32. The Hall–Kier alpha value is -0.870. The number of thioether (sulfide) groups is 1. The van der Waals surface area contributed by atoms with E-state index in [0.717, 1.165) is 36.8 Å². The Morgan fingerprint density at radius 2 is 1.90 bits per heavy atom. The molecule has 1 aromatic carbocycles. The maximum absolute atomic E-state index is 5.83. The summed E-state index contributed by atoms with van der Waals surface area (Å²) in [7, 11) is 0. The zero-order valence-corrected chi connectivity index (χ0v) is 14.8. The summed E-state index contributed by atoms with van der Waals surface area (Å²) in [6.07, 6.45) is 3.17. The first-order valence-corrected chi connectivity index (χ1v) is 8.98. The monoisotopic (exact) mass is 311 g/mol. The Kier molecular flexibility index (Phi) is 7.97. The minimum absolute atomic E-state index is 0.110. The van der Waals surface area contributed by atoms with Gasteiger partial charge in [0.25, 0.3) is 0 Å². The van der Waals surface area contributed by atoms with E-state index in [4.69, 9.17) is 9.47 Å². The average Bonchev–Trinajstić information content (AvgIpc) is 2.42. The second-order valence-electron chi connectivity index (χ2n) is 6.01. The Morgan fingerprint density at radius 3 is 2.52 bits per heavy atom. The van der Waals surface area contributed by atoms with Gasteiger partial charge in [0, 0.05) is 12.1 Å². The van der Waals surface area contributed by atoms with Gasteiger partial charge in [0.1, 0.15) is 0 Å². The zero-order valence-electron chi connectivity index (χ0n) is 14.0.